The maximum Gasteiger partial charge on any atom is 0.338 e. The first-order valence-electron chi connectivity index (χ1n) is 7.73. The lowest BCUT2D eigenvalue weighted by molar-refractivity contribution is -0.0229. The molecule has 0 aliphatic carbocycles. The van der Waals surface area contributed by atoms with Gasteiger partial charge in [-0.25, -0.2) is 4.79 Å². The minimum absolute atomic E-state index is 0.00885. The van der Waals surface area contributed by atoms with Crippen molar-refractivity contribution >= 4 is 5.97 Å². The maximum atomic E-state index is 12.2. The van der Waals surface area contributed by atoms with Gasteiger partial charge < -0.3 is 4.74 Å². The SMILES string of the molecule is C/C=C\CN1CC(C)C(OC(=O)c2ccccc2)CC1C. The third-order valence-corrected chi connectivity index (χ3v) is 4.20. The topological polar surface area (TPSA) is 29.5 Å². The Hall–Kier alpha value is -1.61. The number of allylic oxidation sites excluding steroid dienone is 1. The number of hydrogen-bond donors (Lipinski definition) is 0. The van der Waals surface area contributed by atoms with Crippen molar-refractivity contribution in [3.8, 4) is 0 Å². The molecule has 0 radical (unpaired) electrons. The Morgan fingerprint density at radius 3 is 2.71 bits per heavy atom. The predicted molar refractivity (Wildman–Crippen MR) is 85.3 cm³/mol. The van der Waals surface area contributed by atoms with Crippen molar-refractivity contribution in [3.05, 3.63) is 48.0 Å². The van der Waals surface area contributed by atoms with Crippen LogP contribution in [0.4, 0.5) is 0 Å². The zero-order chi connectivity index (χ0) is 15.2. The molecule has 3 heteroatoms. The lowest BCUT2D eigenvalue weighted by Crippen LogP contribution is -2.48. The normalized spacial score (nSPS) is 26.9. The quantitative estimate of drug-likeness (QED) is 0.627. The summed E-state index contributed by atoms with van der Waals surface area (Å²) in [5.41, 5.74) is 0.633. The van der Waals surface area contributed by atoms with Crippen LogP contribution in [0.2, 0.25) is 0 Å². The minimum Gasteiger partial charge on any atom is -0.458 e. The molecule has 1 saturated heterocycles. The number of esters is 1. The van der Waals surface area contributed by atoms with Gasteiger partial charge in [-0.2, -0.15) is 0 Å². The van der Waals surface area contributed by atoms with Crippen molar-refractivity contribution < 1.29 is 9.53 Å². The minimum atomic E-state index is -0.207. The second-order valence-corrected chi connectivity index (χ2v) is 5.89. The van der Waals surface area contributed by atoms with Crippen molar-refractivity contribution in [2.75, 3.05) is 13.1 Å². The van der Waals surface area contributed by atoms with Crippen molar-refractivity contribution in [2.45, 2.75) is 39.3 Å². The fourth-order valence-corrected chi connectivity index (χ4v) is 2.82. The summed E-state index contributed by atoms with van der Waals surface area (Å²) in [6, 6.07) is 9.67. The molecule has 21 heavy (non-hydrogen) atoms. The molecule has 1 aliphatic heterocycles. The Bertz CT molecular complexity index is 483. The van der Waals surface area contributed by atoms with E-state index in [1.807, 2.05) is 25.1 Å². The summed E-state index contributed by atoms with van der Waals surface area (Å²) >= 11 is 0. The Kier molecular flexibility index (Phi) is 5.57. The van der Waals surface area contributed by atoms with Gasteiger partial charge in [0.05, 0.1) is 5.56 Å². The number of ether oxygens (including phenoxy) is 1. The van der Waals surface area contributed by atoms with E-state index in [2.05, 4.69) is 30.9 Å². The van der Waals surface area contributed by atoms with Gasteiger partial charge in [0, 0.05) is 31.5 Å². The van der Waals surface area contributed by atoms with Gasteiger partial charge >= 0.3 is 5.97 Å². The molecule has 0 N–H and O–H groups in total. The number of piperidine rings is 1. The van der Waals surface area contributed by atoms with Crippen LogP contribution in [-0.2, 0) is 4.74 Å². The standard InChI is InChI=1S/C18H25NO2/c1-4-5-11-19-13-14(2)17(12-15(19)3)21-18(20)16-9-7-6-8-10-16/h4-10,14-15,17H,11-13H2,1-3H3/b5-4-. The summed E-state index contributed by atoms with van der Waals surface area (Å²) in [7, 11) is 0. The Labute approximate surface area is 127 Å². The van der Waals surface area contributed by atoms with E-state index in [1.54, 1.807) is 12.1 Å². The van der Waals surface area contributed by atoms with E-state index in [1.165, 1.54) is 0 Å². The molecule has 0 bridgehead atoms. The summed E-state index contributed by atoms with van der Waals surface area (Å²) in [6.45, 7) is 8.36. The third-order valence-electron chi connectivity index (χ3n) is 4.20. The first-order chi connectivity index (χ1) is 10.1. The molecular weight excluding hydrogens is 262 g/mol. The number of carbonyl (C=O) groups excluding carboxylic acids is 1. The summed E-state index contributed by atoms with van der Waals surface area (Å²) in [6.07, 6.45) is 5.17. The fraction of sp³-hybridized carbons (Fsp3) is 0.500. The van der Waals surface area contributed by atoms with E-state index >= 15 is 0 Å². The van der Waals surface area contributed by atoms with Crippen LogP contribution >= 0.6 is 0 Å². The zero-order valence-corrected chi connectivity index (χ0v) is 13.2. The molecular formula is C18H25NO2. The van der Waals surface area contributed by atoms with Crippen LogP contribution in [0.25, 0.3) is 0 Å². The van der Waals surface area contributed by atoms with E-state index in [-0.39, 0.29) is 12.1 Å². The molecule has 1 aromatic carbocycles. The Balaban J connectivity index is 1.94. The molecule has 1 aliphatic rings. The van der Waals surface area contributed by atoms with Crippen molar-refractivity contribution in [3.63, 3.8) is 0 Å². The van der Waals surface area contributed by atoms with E-state index in [0.29, 0.717) is 17.5 Å². The highest BCUT2D eigenvalue weighted by Crippen LogP contribution is 2.25. The van der Waals surface area contributed by atoms with Gasteiger partial charge in [-0.3, -0.25) is 4.90 Å². The van der Waals surface area contributed by atoms with Gasteiger partial charge in [0.15, 0.2) is 0 Å². The average molecular weight is 287 g/mol. The Morgan fingerprint density at radius 1 is 1.33 bits per heavy atom. The zero-order valence-electron chi connectivity index (χ0n) is 13.2. The monoisotopic (exact) mass is 287 g/mol. The molecule has 114 valence electrons. The maximum absolute atomic E-state index is 12.2. The number of nitrogens with zero attached hydrogens (tertiary/aromatic N) is 1. The number of likely N-dealkylation sites (tertiary alicyclic amines) is 1. The predicted octanol–water partition coefficient (Wildman–Crippen LogP) is 3.52. The van der Waals surface area contributed by atoms with Crippen molar-refractivity contribution in [1.82, 2.24) is 4.90 Å². The second kappa shape index (κ2) is 7.41. The molecule has 3 atom stereocenters. The summed E-state index contributed by atoms with van der Waals surface area (Å²) in [5.74, 6) is 0.153. The van der Waals surface area contributed by atoms with Gasteiger partial charge in [0.25, 0.3) is 0 Å². The van der Waals surface area contributed by atoms with Crippen LogP contribution in [0, 0.1) is 5.92 Å². The van der Waals surface area contributed by atoms with Crippen LogP contribution in [0.15, 0.2) is 42.5 Å². The van der Waals surface area contributed by atoms with Crippen LogP contribution in [0.5, 0.6) is 0 Å². The van der Waals surface area contributed by atoms with Gasteiger partial charge in [-0.1, -0.05) is 37.3 Å². The average Bonchev–Trinajstić information content (AvgIpc) is 2.50. The molecule has 0 aromatic heterocycles. The van der Waals surface area contributed by atoms with Crippen LogP contribution < -0.4 is 0 Å². The Morgan fingerprint density at radius 2 is 2.05 bits per heavy atom. The number of carbonyl (C=O) groups is 1. The molecule has 0 saturated carbocycles. The molecule has 0 amide bonds. The number of hydrogen-bond acceptors (Lipinski definition) is 3. The van der Waals surface area contributed by atoms with E-state index < -0.39 is 0 Å². The van der Waals surface area contributed by atoms with Gasteiger partial charge in [-0.15, -0.1) is 0 Å². The lowest BCUT2D eigenvalue weighted by Gasteiger charge is -2.40. The first kappa shape index (κ1) is 15.8. The van der Waals surface area contributed by atoms with E-state index in [4.69, 9.17) is 4.74 Å². The van der Waals surface area contributed by atoms with Gasteiger partial charge in [0.2, 0.25) is 0 Å². The smallest absolute Gasteiger partial charge is 0.338 e. The fourth-order valence-electron chi connectivity index (χ4n) is 2.82. The number of rotatable bonds is 4. The van der Waals surface area contributed by atoms with E-state index in [9.17, 15) is 4.79 Å². The molecule has 2 rings (SSSR count). The summed E-state index contributed by atoms with van der Waals surface area (Å²) in [5, 5.41) is 0. The van der Waals surface area contributed by atoms with Crippen LogP contribution in [-0.4, -0.2) is 36.1 Å². The third kappa shape index (κ3) is 4.18. The molecule has 1 aromatic rings. The highest BCUT2D eigenvalue weighted by molar-refractivity contribution is 5.89. The molecule has 1 heterocycles. The molecule has 1 fully saturated rings. The van der Waals surface area contributed by atoms with Crippen molar-refractivity contribution in [1.29, 1.82) is 0 Å². The lowest BCUT2D eigenvalue weighted by atomic mass is 9.91. The number of benzene rings is 1. The summed E-state index contributed by atoms with van der Waals surface area (Å²) in [4.78, 5) is 14.6. The summed E-state index contributed by atoms with van der Waals surface area (Å²) < 4.78 is 5.73. The molecule has 3 unspecified atom stereocenters. The van der Waals surface area contributed by atoms with Crippen LogP contribution in [0.3, 0.4) is 0 Å². The highest BCUT2D eigenvalue weighted by Gasteiger charge is 2.32. The second-order valence-electron chi connectivity index (χ2n) is 5.89. The van der Waals surface area contributed by atoms with Gasteiger partial charge in [-0.05, 0) is 26.0 Å². The van der Waals surface area contributed by atoms with E-state index in [0.717, 1.165) is 19.5 Å². The van der Waals surface area contributed by atoms with Crippen molar-refractivity contribution in [2.24, 2.45) is 5.92 Å². The first-order valence-corrected chi connectivity index (χ1v) is 7.73. The molecule has 3 nitrogen and oxygen atoms in total. The van der Waals surface area contributed by atoms with Crippen LogP contribution in [0.1, 0.15) is 37.6 Å². The van der Waals surface area contributed by atoms with Gasteiger partial charge in [0.1, 0.15) is 6.10 Å². The molecule has 0 spiro atoms. The largest absolute Gasteiger partial charge is 0.458 e. The highest BCUT2D eigenvalue weighted by atomic mass is 16.5.